The summed E-state index contributed by atoms with van der Waals surface area (Å²) in [6.45, 7) is 3.05. The molecule has 0 aromatic carbocycles. The van der Waals surface area contributed by atoms with Crippen LogP contribution in [0.5, 0.6) is 0 Å². The van der Waals surface area contributed by atoms with E-state index in [1.807, 2.05) is 6.26 Å². The predicted octanol–water partition coefficient (Wildman–Crippen LogP) is 4.20. The van der Waals surface area contributed by atoms with Gasteiger partial charge in [-0.2, -0.15) is 0 Å². The third-order valence-electron chi connectivity index (χ3n) is 10.4. The standard InChI is InChI=1S/C24H34O3/c1-22-9-6-16-18-4-5-21(25)20-13-23(18,20)10-7-19(16)24(22,26)11-8-17(22)15-3-2-12-27-14-15/h2-3,14,16-21,25-26H,4-13H2,1H3. The summed E-state index contributed by atoms with van der Waals surface area (Å²) in [6.07, 6.45) is 16.6. The van der Waals surface area contributed by atoms with Gasteiger partial charge in [0.05, 0.1) is 18.0 Å². The highest BCUT2D eigenvalue weighted by Crippen LogP contribution is 2.75. The molecule has 0 bridgehead atoms. The lowest BCUT2D eigenvalue weighted by Gasteiger charge is -2.60. The van der Waals surface area contributed by atoms with E-state index >= 15 is 0 Å². The van der Waals surface area contributed by atoms with Gasteiger partial charge in [-0.05, 0) is 104 Å². The van der Waals surface area contributed by atoms with Crippen LogP contribution in [0.4, 0.5) is 0 Å². The minimum Gasteiger partial charge on any atom is -0.497 e. The van der Waals surface area contributed by atoms with Gasteiger partial charge in [-0.3, -0.25) is 0 Å². The molecule has 1 spiro atoms. The Balaban J connectivity index is 1.32. The van der Waals surface area contributed by atoms with Crippen LogP contribution in [0.25, 0.3) is 0 Å². The van der Waals surface area contributed by atoms with Gasteiger partial charge in [-0.1, -0.05) is 13.0 Å². The van der Waals surface area contributed by atoms with E-state index in [1.54, 1.807) is 0 Å². The topological polar surface area (TPSA) is 49.7 Å². The number of hydrogen-bond donors (Lipinski definition) is 2. The first-order valence-electron chi connectivity index (χ1n) is 11.4. The van der Waals surface area contributed by atoms with Crippen LogP contribution in [0.2, 0.25) is 0 Å². The van der Waals surface area contributed by atoms with E-state index < -0.39 is 5.60 Å². The molecule has 148 valence electrons. The molecule has 3 nitrogen and oxygen atoms in total. The molecule has 0 radical (unpaired) electrons. The third-order valence-corrected chi connectivity index (χ3v) is 10.4. The van der Waals surface area contributed by atoms with Crippen molar-refractivity contribution in [3.8, 4) is 0 Å². The highest BCUT2D eigenvalue weighted by Gasteiger charge is 2.72. The number of hydrogen-bond acceptors (Lipinski definition) is 3. The second-order valence-corrected chi connectivity index (χ2v) is 10.9. The molecule has 1 heterocycles. The van der Waals surface area contributed by atoms with Gasteiger partial charge in [-0.15, -0.1) is 0 Å². The molecular formula is C24H34O3. The second-order valence-electron chi connectivity index (χ2n) is 10.9. The molecule has 5 aliphatic carbocycles. The van der Waals surface area contributed by atoms with Gasteiger partial charge in [0, 0.05) is 5.41 Å². The highest BCUT2D eigenvalue weighted by atomic mass is 16.5. The first kappa shape index (κ1) is 17.1. The van der Waals surface area contributed by atoms with Gasteiger partial charge in [0.25, 0.3) is 0 Å². The molecule has 9 atom stereocenters. The lowest BCUT2D eigenvalue weighted by Crippen LogP contribution is -2.60. The van der Waals surface area contributed by atoms with Gasteiger partial charge in [-0.25, -0.2) is 0 Å². The molecule has 0 aromatic rings. The Labute approximate surface area is 162 Å². The van der Waals surface area contributed by atoms with E-state index in [0.29, 0.717) is 35.7 Å². The molecule has 27 heavy (non-hydrogen) atoms. The van der Waals surface area contributed by atoms with Crippen molar-refractivity contribution in [1.29, 1.82) is 0 Å². The smallest absolute Gasteiger partial charge is 0.106 e. The summed E-state index contributed by atoms with van der Waals surface area (Å²) >= 11 is 0. The van der Waals surface area contributed by atoms with Crippen molar-refractivity contribution < 1.29 is 14.9 Å². The number of allylic oxidation sites excluding steroid dienone is 2. The van der Waals surface area contributed by atoms with Crippen molar-refractivity contribution in [2.45, 2.75) is 76.4 Å². The number of fused-ring (bicyclic) bond motifs is 4. The fourth-order valence-corrected chi connectivity index (χ4v) is 9.05. The average Bonchev–Trinajstić information content (AvgIpc) is 3.34. The SMILES string of the molecule is CC12CCC3C4CCC(O)C5CC54CCC3C1(O)CCC2C1=COCC=C1. The monoisotopic (exact) mass is 370 g/mol. The average molecular weight is 371 g/mol. The molecule has 5 fully saturated rings. The Bertz CT molecular complexity index is 712. The van der Waals surface area contributed by atoms with Crippen LogP contribution in [-0.4, -0.2) is 28.5 Å². The van der Waals surface area contributed by atoms with Crippen molar-refractivity contribution in [3.05, 3.63) is 24.0 Å². The molecule has 3 heteroatoms. The van der Waals surface area contributed by atoms with E-state index in [1.165, 1.54) is 37.7 Å². The molecule has 0 aromatic heterocycles. The number of aliphatic hydroxyl groups excluding tert-OH is 1. The van der Waals surface area contributed by atoms with Crippen LogP contribution >= 0.6 is 0 Å². The minimum atomic E-state index is -0.519. The lowest BCUT2D eigenvalue weighted by molar-refractivity contribution is -0.189. The number of ether oxygens (including phenoxy) is 1. The van der Waals surface area contributed by atoms with Gasteiger partial charge in [0.1, 0.15) is 6.61 Å². The molecule has 5 saturated carbocycles. The largest absolute Gasteiger partial charge is 0.497 e. The van der Waals surface area contributed by atoms with Crippen molar-refractivity contribution in [2.75, 3.05) is 6.61 Å². The maximum absolute atomic E-state index is 12.2. The first-order valence-corrected chi connectivity index (χ1v) is 11.4. The van der Waals surface area contributed by atoms with Crippen LogP contribution in [-0.2, 0) is 4.74 Å². The van der Waals surface area contributed by atoms with Crippen LogP contribution < -0.4 is 0 Å². The van der Waals surface area contributed by atoms with E-state index in [9.17, 15) is 10.2 Å². The normalized spacial score (nSPS) is 58.3. The minimum absolute atomic E-state index is 0.0212. The fourth-order valence-electron chi connectivity index (χ4n) is 9.05. The van der Waals surface area contributed by atoms with E-state index in [2.05, 4.69) is 19.1 Å². The number of rotatable bonds is 1. The van der Waals surface area contributed by atoms with Gasteiger partial charge < -0.3 is 14.9 Å². The zero-order valence-electron chi connectivity index (χ0n) is 16.6. The summed E-state index contributed by atoms with van der Waals surface area (Å²) in [6, 6.07) is 0. The maximum atomic E-state index is 12.2. The van der Waals surface area contributed by atoms with Gasteiger partial charge in [0.15, 0.2) is 0 Å². The third kappa shape index (κ3) is 2.01. The van der Waals surface area contributed by atoms with Crippen LogP contribution in [0.3, 0.4) is 0 Å². The summed E-state index contributed by atoms with van der Waals surface area (Å²) in [7, 11) is 0. The highest BCUT2D eigenvalue weighted by molar-refractivity contribution is 5.31. The van der Waals surface area contributed by atoms with Gasteiger partial charge >= 0.3 is 0 Å². The molecule has 0 saturated heterocycles. The molecule has 0 amide bonds. The molecule has 9 unspecified atom stereocenters. The Morgan fingerprint density at radius 3 is 2.70 bits per heavy atom. The van der Waals surface area contributed by atoms with E-state index in [-0.39, 0.29) is 11.5 Å². The van der Waals surface area contributed by atoms with E-state index in [4.69, 9.17) is 4.74 Å². The quantitative estimate of drug-likeness (QED) is 0.727. The Morgan fingerprint density at radius 1 is 1.00 bits per heavy atom. The Kier molecular flexibility index (Phi) is 3.43. The van der Waals surface area contributed by atoms with Crippen molar-refractivity contribution >= 4 is 0 Å². The Morgan fingerprint density at radius 2 is 1.89 bits per heavy atom. The molecular weight excluding hydrogens is 336 g/mol. The molecule has 6 aliphatic rings. The van der Waals surface area contributed by atoms with E-state index in [0.717, 1.165) is 31.6 Å². The molecule has 1 aliphatic heterocycles. The molecule has 6 rings (SSSR count). The second kappa shape index (κ2) is 5.42. The summed E-state index contributed by atoms with van der Waals surface area (Å²) in [5.41, 5.74) is 1.21. The maximum Gasteiger partial charge on any atom is 0.106 e. The van der Waals surface area contributed by atoms with Gasteiger partial charge in [0.2, 0.25) is 0 Å². The number of aliphatic hydroxyl groups is 2. The summed E-state index contributed by atoms with van der Waals surface area (Å²) in [5.74, 6) is 2.90. The van der Waals surface area contributed by atoms with Crippen LogP contribution in [0.1, 0.15) is 64.7 Å². The summed E-state index contributed by atoms with van der Waals surface area (Å²) < 4.78 is 5.60. The fraction of sp³-hybridized carbons (Fsp3) is 0.833. The Hall–Kier alpha value is -0.800. The van der Waals surface area contributed by atoms with Crippen LogP contribution in [0, 0.1) is 40.4 Å². The van der Waals surface area contributed by atoms with Crippen molar-refractivity contribution in [3.63, 3.8) is 0 Å². The zero-order valence-corrected chi connectivity index (χ0v) is 16.6. The zero-order chi connectivity index (χ0) is 18.4. The van der Waals surface area contributed by atoms with Crippen molar-refractivity contribution in [2.24, 2.45) is 40.4 Å². The van der Waals surface area contributed by atoms with Crippen molar-refractivity contribution in [1.82, 2.24) is 0 Å². The molecule has 2 N–H and O–H groups in total. The predicted molar refractivity (Wildman–Crippen MR) is 104 cm³/mol. The lowest BCUT2D eigenvalue weighted by atomic mass is 9.47. The van der Waals surface area contributed by atoms with Crippen LogP contribution in [0.15, 0.2) is 24.0 Å². The summed E-state index contributed by atoms with van der Waals surface area (Å²) in [4.78, 5) is 0. The summed E-state index contributed by atoms with van der Waals surface area (Å²) in [5, 5.41) is 22.6. The first-order chi connectivity index (χ1) is 13.0.